The average Bonchev–Trinajstić information content (AvgIpc) is 2.71. The van der Waals surface area contributed by atoms with E-state index in [0.29, 0.717) is 0 Å². The average molecular weight is 354 g/mol. The second-order valence-corrected chi connectivity index (χ2v) is 7.00. The highest BCUT2D eigenvalue weighted by Gasteiger charge is 2.39. The van der Waals surface area contributed by atoms with Crippen LogP contribution in [0, 0.1) is 5.92 Å². The molecule has 1 unspecified atom stereocenters. The minimum Gasteiger partial charge on any atom is -0.508 e. The lowest BCUT2D eigenvalue weighted by atomic mass is 9.62. The van der Waals surface area contributed by atoms with Crippen LogP contribution in [0.5, 0.6) is 11.5 Å². The van der Waals surface area contributed by atoms with Gasteiger partial charge in [0.15, 0.2) is 0 Å². The molecule has 2 N–H and O–H groups in total. The molecule has 4 rings (SSSR count). The third-order valence-corrected chi connectivity index (χ3v) is 5.39. The van der Waals surface area contributed by atoms with Gasteiger partial charge in [-0.05, 0) is 53.3 Å². The normalized spacial score (nSPS) is 17.7. The Labute approximate surface area is 159 Å². The molecule has 27 heavy (non-hydrogen) atoms. The fourth-order valence-electron chi connectivity index (χ4n) is 4.04. The highest BCUT2D eigenvalue weighted by Crippen LogP contribution is 2.45. The van der Waals surface area contributed by atoms with Gasteiger partial charge < -0.3 is 10.2 Å². The quantitative estimate of drug-likeness (QED) is 0.661. The molecule has 1 aliphatic rings. The maximum absolute atomic E-state index is 9.78. The highest BCUT2D eigenvalue weighted by molar-refractivity contribution is 5.51. The summed E-state index contributed by atoms with van der Waals surface area (Å²) in [5.41, 5.74) is 3.15. The van der Waals surface area contributed by atoms with E-state index in [4.69, 9.17) is 0 Å². The number of phenols is 2. The van der Waals surface area contributed by atoms with Crippen LogP contribution < -0.4 is 0 Å². The molecule has 1 atom stereocenters. The summed E-state index contributed by atoms with van der Waals surface area (Å²) in [5.74, 6) is 0.725. The predicted octanol–water partition coefficient (Wildman–Crippen LogP) is 5.37. The molecule has 0 bridgehead atoms. The smallest absolute Gasteiger partial charge is 0.115 e. The Morgan fingerprint density at radius 3 is 1.78 bits per heavy atom. The minimum atomic E-state index is -0.369. The van der Waals surface area contributed by atoms with Gasteiger partial charge in [-0.15, -0.1) is 0 Å². The van der Waals surface area contributed by atoms with Crippen molar-refractivity contribution in [2.24, 2.45) is 5.92 Å². The lowest BCUT2D eigenvalue weighted by Crippen LogP contribution is -2.36. The molecule has 0 heterocycles. The molecule has 0 saturated carbocycles. The monoisotopic (exact) mass is 354 g/mol. The molecular weight excluding hydrogens is 332 g/mol. The third-order valence-electron chi connectivity index (χ3n) is 5.39. The Morgan fingerprint density at radius 2 is 1.22 bits per heavy atom. The van der Waals surface area contributed by atoms with Crippen LogP contribution in [-0.4, -0.2) is 10.2 Å². The second-order valence-electron chi connectivity index (χ2n) is 7.00. The molecule has 0 fully saturated rings. The van der Waals surface area contributed by atoms with E-state index < -0.39 is 0 Å². The zero-order valence-electron chi connectivity index (χ0n) is 15.0. The molecule has 0 radical (unpaired) electrons. The second kappa shape index (κ2) is 7.16. The number of allylic oxidation sites excluding steroid dienone is 4. The van der Waals surface area contributed by atoms with Crippen LogP contribution in [0.15, 0.2) is 103 Å². The van der Waals surface area contributed by atoms with E-state index >= 15 is 0 Å². The molecule has 2 heteroatoms. The van der Waals surface area contributed by atoms with Crippen LogP contribution in [0.25, 0.3) is 0 Å². The standard InChI is InChI=1S/C25H22O2/c26-23-13-9-20(10-14-23)25(21-11-15-24(27)16-12-21)17-5-4-8-22(25)18-19-6-2-1-3-7-19/h1-17,22,26-27H,18H2. The summed E-state index contributed by atoms with van der Waals surface area (Å²) >= 11 is 0. The van der Waals surface area contributed by atoms with E-state index in [9.17, 15) is 10.2 Å². The van der Waals surface area contributed by atoms with E-state index in [1.807, 2.05) is 30.3 Å². The van der Waals surface area contributed by atoms with Crippen LogP contribution in [0.4, 0.5) is 0 Å². The summed E-state index contributed by atoms with van der Waals surface area (Å²) in [6.45, 7) is 0. The Kier molecular flexibility index (Phi) is 4.55. The van der Waals surface area contributed by atoms with E-state index in [1.165, 1.54) is 5.56 Å². The molecule has 2 nitrogen and oxygen atoms in total. The first kappa shape index (κ1) is 17.2. The molecule has 3 aromatic rings. The topological polar surface area (TPSA) is 40.5 Å². The maximum atomic E-state index is 9.78. The molecule has 0 spiro atoms. The van der Waals surface area contributed by atoms with E-state index in [1.54, 1.807) is 24.3 Å². The van der Waals surface area contributed by atoms with Gasteiger partial charge in [-0.3, -0.25) is 0 Å². The number of benzene rings is 3. The fraction of sp³-hybridized carbons (Fsp3) is 0.120. The van der Waals surface area contributed by atoms with Gasteiger partial charge in [0.25, 0.3) is 0 Å². The van der Waals surface area contributed by atoms with E-state index in [0.717, 1.165) is 17.5 Å². The van der Waals surface area contributed by atoms with Crippen molar-refractivity contribution in [1.82, 2.24) is 0 Å². The van der Waals surface area contributed by atoms with Crippen LogP contribution >= 0.6 is 0 Å². The van der Waals surface area contributed by atoms with Gasteiger partial charge >= 0.3 is 0 Å². The minimum absolute atomic E-state index is 0.207. The predicted molar refractivity (Wildman–Crippen MR) is 109 cm³/mol. The third kappa shape index (κ3) is 3.26. The van der Waals surface area contributed by atoms with Crippen molar-refractivity contribution in [2.45, 2.75) is 11.8 Å². The van der Waals surface area contributed by atoms with Crippen molar-refractivity contribution < 1.29 is 10.2 Å². The Bertz CT molecular complexity index is 906. The maximum Gasteiger partial charge on any atom is 0.115 e. The van der Waals surface area contributed by atoms with Crippen molar-refractivity contribution in [3.05, 3.63) is 120 Å². The SMILES string of the molecule is Oc1ccc(C2(c3ccc(O)cc3)C=CC=CC2Cc2ccccc2)cc1. The van der Waals surface area contributed by atoms with E-state index in [2.05, 4.69) is 48.6 Å². The number of rotatable bonds is 4. The van der Waals surface area contributed by atoms with Gasteiger partial charge in [0, 0.05) is 5.41 Å². The summed E-state index contributed by atoms with van der Waals surface area (Å²) < 4.78 is 0. The van der Waals surface area contributed by atoms with E-state index in [-0.39, 0.29) is 22.8 Å². The fourth-order valence-corrected chi connectivity index (χ4v) is 4.04. The van der Waals surface area contributed by atoms with Gasteiger partial charge in [-0.25, -0.2) is 0 Å². The molecule has 0 aliphatic heterocycles. The number of aromatic hydroxyl groups is 2. The molecule has 0 amide bonds. The highest BCUT2D eigenvalue weighted by atomic mass is 16.3. The largest absolute Gasteiger partial charge is 0.508 e. The molecule has 1 aliphatic carbocycles. The van der Waals surface area contributed by atoms with Crippen LogP contribution in [0.3, 0.4) is 0 Å². The van der Waals surface area contributed by atoms with Crippen LogP contribution in [0.2, 0.25) is 0 Å². The lowest BCUT2D eigenvalue weighted by Gasteiger charge is -2.40. The summed E-state index contributed by atoms with van der Waals surface area (Å²) in [4.78, 5) is 0. The summed E-state index contributed by atoms with van der Waals surface area (Å²) in [6.07, 6.45) is 9.57. The van der Waals surface area contributed by atoms with Gasteiger partial charge in [0.05, 0.1) is 0 Å². The zero-order chi connectivity index (χ0) is 18.7. The molecule has 0 saturated heterocycles. The van der Waals surface area contributed by atoms with Crippen LogP contribution in [0.1, 0.15) is 16.7 Å². The van der Waals surface area contributed by atoms with Crippen molar-refractivity contribution in [3.8, 4) is 11.5 Å². The summed E-state index contributed by atoms with van der Waals surface area (Å²) in [7, 11) is 0. The molecule has 0 aromatic heterocycles. The van der Waals surface area contributed by atoms with Crippen LogP contribution in [-0.2, 0) is 11.8 Å². The number of phenolic OH excluding ortho intramolecular Hbond substituents is 2. The van der Waals surface area contributed by atoms with Crippen molar-refractivity contribution in [2.75, 3.05) is 0 Å². The Balaban J connectivity index is 1.87. The molecule has 3 aromatic carbocycles. The first-order chi connectivity index (χ1) is 13.2. The number of hydrogen-bond donors (Lipinski definition) is 2. The van der Waals surface area contributed by atoms with Gasteiger partial charge in [0.2, 0.25) is 0 Å². The first-order valence-electron chi connectivity index (χ1n) is 9.17. The van der Waals surface area contributed by atoms with Gasteiger partial charge in [-0.2, -0.15) is 0 Å². The van der Waals surface area contributed by atoms with Gasteiger partial charge in [0.1, 0.15) is 11.5 Å². The lowest BCUT2D eigenvalue weighted by molar-refractivity contribution is 0.447. The zero-order valence-corrected chi connectivity index (χ0v) is 15.0. The summed E-state index contributed by atoms with van der Waals surface area (Å²) in [5, 5.41) is 19.6. The summed E-state index contributed by atoms with van der Waals surface area (Å²) in [6, 6.07) is 25.4. The number of hydrogen-bond acceptors (Lipinski definition) is 2. The van der Waals surface area contributed by atoms with Crippen molar-refractivity contribution >= 4 is 0 Å². The van der Waals surface area contributed by atoms with Gasteiger partial charge in [-0.1, -0.05) is 78.9 Å². The Hall–Kier alpha value is -3.26. The van der Waals surface area contributed by atoms with Crippen molar-refractivity contribution in [3.63, 3.8) is 0 Å². The molecular formula is C25H22O2. The molecule has 134 valence electrons. The first-order valence-corrected chi connectivity index (χ1v) is 9.17. The Morgan fingerprint density at radius 1 is 0.667 bits per heavy atom. The van der Waals surface area contributed by atoms with Crippen molar-refractivity contribution in [1.29, 1.82) is 0 Å².